The fourth-order valence-corrected chi connectivity index (χ4v) is 3.73. The Balaban J connectivity index is 1.98. The zero-order chi connectivity index (χ0) is 22.2. The summed E-state index contributed by atoms with van der Waals surface area (Å²) < 4.78 is 20.8. The van der Waals surface area contributed by atoms with Crippen LogP contribution in [0.1, 0.15) is 74.6 Å². The fourth-order valence-electron chi connectivity index (χ4n) is 3.73. The predicted octanol–water partition coefficient (Wildman–Crippen LogP) is 7.16. The van der Waals surface area contributed by atoms with Crippen molar-refractivity contribution in [3.63, 3.8) is 0 Å². The van der Waals surface area contributed by atoms with Crippen LogP contribution in [0.25, 0.3) is 0 Å². The molecule has 0 saturated heterocycles. The first-order valence-electron chi connectivity index (χ1n) is 10.8. The Labute approximate surface area is 186 Å². The van der Waals surface area contributed by atoms with Gasteiger partial charge in [0.15, 0.2) is 0 Å². The highest BCUT2D eigenvalue weighted by molar-refractivity contribution is 5.54. The highest BCUT2D eigenvalue weighted by Gasteiger charge is 2.24. The second-order valence-corrected chi connectivity index (χ2v) is 8.19. The van der Waals surface area contributed by atoms with Crippen LogP contribution in [-0.4, -0.2) is 7.11 Å². The van der Waals surface area contributed by atoms with Crippen molar-refractivity contribution in [1.29, 1.82) is 0 Å². The van der Waals surface area contributed by atoms with E-state index < -0.39 is 0 Å². The molecular formula is C29H29FO. The molecule has 0 bridgehead atoms. The van der Waals surface area contributed by atoms with Gasteiger partial charge in [0.2, 0.25) is 0 Å². The van der Waals surface area contributed by atoms with Crippen LogP contribution in [0, 0.1) is 29.5 Å². The van der Waals surface area contributed by atoms with Crippen molar-refractivity contribution in [2.45, 2.75) is 52.4 Å². The average Bonchev–Trinajstić information content (AvgIpc) is 3.30. The van der Waals surface area contributed by atoms with Crippen LogP contribution < -0.4 is 4.74 Å². The summed E-state index contributed by atoms with van der Waals surface area (Å²) in [4.78, 5) is 0. The van der Waals surface area contributed by atoms with Crippen molar-refractivity contribution in [3.05, 3.63) is 87.8 Å². The molecule has 0 radical (unpaired) electrons. The van der Waals surface area contributed by atoms with Crippen LogP contribution in [-0.2, 0) is 0 Å². The first-order valence-corrected chi connectivity index (χ1v) is 10.8. The summed E-state index contributed by atoms with van der Waals surface area (Å²) in [5, 5.41) is 0. The maximum absolute atomic E-state index is 15.6. The number of hydrogen-bond acceptors (Lipinski definition) is 1. The summed E-state index contributed by atoms with van der Waals surface area (Å²) in [5.74, 6) is 13.3. The van der Waals surface area contributed by atoms with E-state index in [2.05, 4.69) is 23.7 Å². The van der Waals surface area contributed by atoms with Gasteiger partial charge in [0.05, 0.1) is 12.7 Å². The van der Waals surface area contributed by atoms with Gasteiger partial charge in [0, 0.05) is 16.7 Å². The lowest BCUT2D eigenvalue weighted by Gasteiger charge is -2.14. The molecule has 0 spiro atoms. The standard InChI is InChI=1S/C29H29FO/c1-21(2)9-10-22(3)11-15-26-18-17-25(28(29(26)30)24-7-5-6-8-24)16-12-23-13-19-27(31-4)20-14-23/h9-10,13-14,17-20,24H,5-8H2,1-4H3/b22-10+. The molecule has 1 fully saturated rings. The van der Waals surface area contributed by atoms with Crippen LogP contribution in [0.5, 0.6) is 5.75 Å². The Bertz CT molecular complexity index is 1100. The van der Waals surface area contributed by atoms with E-state index >= 15 is 4.39 Å². The van der Waals surface area contributed by atoms with Gasteiger partial charge in [-0.2, -0.15) is 0 Å². The minimum atomic E-state index is -0.212. The molecule has 0 atom stereocenters. The van der Waals surface area contributed by atoms with Crippen molar-refractivity contribution in [1.82, 2.24) is 0 Å². The summed E-state index contributed by atoms with van der Waals surface area (Å²) in [6, 6.07) is 11.3. The van der Waals surface area contributed by atoms with Gasteiger partial charge in [-0.25, -0.2) is 4.39 Å². The van der Waals surface area contributed by atoms with Crippen molar-refractivity contribution < 1.29 is 9.13 Å². The summed E-state index contributed by atoms with van der Waals surface area (Å²) in [6.07, 6.45) is 8.26. The van der Waals surface area contributed by atoms with E-state index in [1.807, 2.05) is 63.3 Å². The highest BCUT2D eigenvalue weighted by atomic mass is 19.1. The van der Waals surface area contributed by atoms with Gasteiger partial charge in [0.25, 0.3) is 0 Å². The first-order chi connectivity index (χ1) is 15.0. The van der Waals surface area contributed by atoms with Crippen LogP contribution in [0.15, 0.2) is 59.7 Å². The van der Waals surface area contributed by atoms with Crippen molar-refractivity contribution in [3.8, 4) is 29.4 Å². The molecule has 31 heavy (non-hydrogen) atoms. The van der Waals surface area contributed by atoms with E-state index in [4.69, 9.17) is 4.74 Å². The quantitative estimate of drug-likeness (QED) is 0.384. The topological polar surface area (TPSA) is 9.23 Å². The summed E-state index contributed by atoms with van der Waals surface area (Å²) >= 11 is 0. The molecule has 1 nitrogen and oxygen atoms in total. The fraction of sp³-hybridized carbons (Fsp3) is 0.310. The maximum atomic E-state index is 15.6. The number of methoxy groups -OCH3 is 1. The number of benzene rings is 2. The second-order valence-electron chi connectivity index (χ2n) is 8.19. The van der Waals surface area contributed by atoms with Crippen molar-refractivity contribution in [2.75, 3.05) is 7.11 Å². The van der Waals surface area contributed by atoms with Crippen LogP contribution in [0.4, 0.5) is 4.39 Å². The molecule has 158 valence electrons. The first kappa shape index (κ1) is 22.5. The predicted molar refractivity (Wildman–Crippen MR) is 127 cm³/mol. The molecule has 2 heteroatoms. The monoisotopic (exact) mass is 412 g/mol. The molecule has 0 heterocycles. The number of allylic oxidation sites excluding steroid dienone is 4. The molecule has 1 aliphatic rings. The van der Waals surface area contributed by atoms with Gasteiger partial charge in [-0.15, -0.1) is 0 Å². The summed E-state index contributed by atoms with van der Waals surface area (Å²) in [5.41, 5.74) is 4.94. The lowest BCUT2D eigenvalue weighted by Crippen LogP contribution is -2.03. The number of ether oxygens (including phenoxy) is 1. The van der Waals surface area contributed by atoms with Crippen LogP contribution >= 0.6 is 0 Å². The Morgan fingerprint density at radius 3 is 2.23 bits per heavy atom. The Morgan fingerprint density at radius 2 is 1.58 bits per heavy atom. The molecule has 0 N–H and O–H groups in total. The lowest BCUT2D eigenvalue weighted by molar-refractivity contribution is 0.415. The molecule has 2 aromatic carbocycles. The van der Waals surface area contributed by atoms with Crippen LogP contribution in [0.3, 0.4) is 0 Å². The third kappa shape index (κ3) is 6.13. The normalized spacial score (nSPS) is 13.6. The largest absolute Gasteiger partial charge is 0.497 e. The van der Waals surface area contributed by atoms with Crippen LogP contribution in [0.2, 0.25) is 0 Å². The summed E-state index contributed by atoms with van der Waals surface area (Å²) in [6.45, 7) is 6.02. The average molecular weight is 413 g/mol. The molecule has 2 aromatic rings. The number of rotatable bonds is 3. The van der Waals surface area contributed by atoms with Gasteiger partial charge >= 0.3 is 0 Å². The van der Waals surface area contributed by atoms with Crippen molar-refractivity contribution in [2.24, 2.45) is 0 Å². The zero-order valence-corrected chi connectivity index (χ0v) is 18.8. The third-order valence-corrected chi connectivity index (χ3v) is 5.44. The van der Waals surface area contributed by atoms with E-state index in [1.165, 1.54) is 5.57 Å². The molecule has 1 saturated carbocycles. The molecule has 0 unspecified atom stereocenters. The van der Waals surface area contributed by atoms with Gasteiger partial charge in [-0.3, -0.25) is 0 Å². The molecular weight excluding hydrogens is 383 g/mol. The minimum absolute atomic E-state index is 0.212. The van der Waals surface area contributed by atoms with Gasteiger partial charge < -0.3 is 4.74 Å². The highest BCUT2D eigenvalue weighted by Crippen LogP contribution is 2.38. The molecule has 0 amide bonds. The Morgan fingerprint density at radius 1 is 0.903 bits per heavy atom. The van der Waals surface area contributed by atoms with E-state index in [-0.39, 0.29) is 11.7 Å². The number of halogens is 1. The van der Waals surface area contributed by atoms with Gasteiger partial charge in [-0.1, -0.05) is 54.2 Å². The van der Waals surface area contributed by atoms with Gasteiger partial charge in [-0.05, 0) is 81.5 Å². The smallest absolute Gasteiger partial charge is 0.143 e. The van der Waals surface area contributed by atoms with Crippen molar-refractivity contribution >= 4 is 0 Å². The van der Waals surface area contributed by atoms with E-state index in [0.29, 0.717) is 5.56 Å². The van der Waals surface area contributed by atoms with E-state index in [9.17, 15) is 0 Å². The Kier molecular flexibility index (Phi) is 7.75. The minimum Gasteiger partial charge on any atom is -0.497 e. The zero-order valence-electron chi connectivity index (χ0n) is 18.8. The third-order valence-electron chi connectivity index (χ3n) is 5.44. The Hall–Kier alpha value is -3.23. The lowest BCUT2D eigenvalue weighted by atomic mass is 9.90. The summed E-state index contributed by atoms with van der Waals surface area (Å²) in [7, 11) is 1.64. The SMILES string of the molecule is COc1ccc(C#Cc2ccc(C#C/C(C)=C/C=C(C)C)c(F)c2C2CCCC2)cc1. The molecule has 0 aromatic heterocycles. The van der Waals surface area contributed by atoms with Gasteiger partial charge in [0.1, 0.15) is 11.6 Å². The number of hydrogen-bond donors (Lipinski definition) is 0. The van der Waals surface area contributed by atoms with E-state index in [0.717, 1.165) is 53.7 Å². The second kappa shape index (κ2) is 10.7. The maximum Gasteiger partial charge on any atom is 0.143 e. The molecule has 3 rings (SSSR count). The molecule has 0 aliphatic heterocycles. The molecule has 1 aliphatic carbocycles. The van der Waals surface area contributed by atoms with E-state index in [1.54, 1.807) is 13.2 Å².